The molecule has 3 N–H and O–H groups in total. The zero-order chi connectivity index (χ0) is 18.1. The van der Waals surface area contributed by atoms with Crippen molar-refractivity contribution in [2.45, 2.75) is 6.42 Å². The average Bonchev–Trinajstić information content (AvgIpc) is 2.57. The van der Waals surface area contributed by atoms with Crippen LogP contribution >= 0.6 is 0 Å². The summed E-state index contributed by atoms with van der Waals surface area (Å²) in [5.41, 5.74) is 1.62. The average molecular weight is 345 g/mol. The number of amides is 3. The van der Waals surface area contributed by atoms with E-state index >= 15 is 0 Å². The number of carbonyl (C=O) groups excluding carboxylic acids is 2. The number of benzene rings is 2. The van der Waals surface area contributed by atoms with Crippen molar-refractivity contribution in [3.63, 3.8) is 0 Å². The number of ether oxygens (including phenoxy) is 1. The summed E-state index contributed by atoms with van der Waals surface area (Å²) >= 11 is 0. The molecule has 2 aromatic rings. The van der Waals surface area contributed by atoms with Gasteiger partial charge in [-0.25, -0.2) is 9.18 Å². The monoisotopic (exact) mass is 345 g/mol. The second kappa shape index (κ2) is 9.39. The maximum Gasteiger partial charge on any atom is 0.319 e. The van der Waals surface area contributed by atoms with E-state index in [-0.39, 0.29) is 18.3 Å². The van der Waals surface area contributed by atoms with Gasteiger partial charge in [-0.1, -0.05) is 24.3 Å². The first-order valence-corrected chi connectivity index (χ1v) is 7.75. The fourth-order valence-electron chi connectivity index (χ4n) is 2.19. The van der Waals surface area contributed by atoms with E-state index in [0.717, 1.165) is 0 Å². The van der Waals surface area contributed by atoms with Crippen LogP contribution in [0.1, 0.15) is 5.56 Å². The maximum absolute atomic E-state index is 13.5. The number of hydrogen-bond donors (Lipinski definition) is 3. The number of carbonyl (C=O) groups is 2. The molecule has 0 aromatic heterocycles. The molecule has 0 saturated heterocycles. The molecule has 0 atom stereocenters. The number of urea groups is 1. The van der Waals surface area contributed by atoms with Gasteiger partial charge in [0.2, 0.25) is 5.91 Å². The van der Waals surface area contributed by atoms with Crippen LogP contribution in [0.5, 0.6) is 0 Å². The molecule has 0 heterocycles. The number of hydrogen-bond acceptors (Lipinski definition) is 3. The highest BCUT2D eigenvalue weighted by molar-refractivity contribution is 5.94. The van der Waals surface area contributed by atoms with Crippen molar-refractivity contribution in [1.29, 1.82) is 0 Å². The van der Waals surface area contributed by atoms with Crippen molar-refractivity contribution in [2.24, 2.45) is 0 Å². The van der Waals surface area contributed by atoms with Gasteiger partial charge < -0.3 is 20.7 Å². The molecule has 0 aliphatic heterocycles. The molecule has 0 radical (unpaired) electrons. The smallest absolute Gasteiger partial charge is 0.319 e. The molecule has 7 heteroatoms. The fourth-order valence-corrected chi connectivity index (χ4v) is 2.19. The van der Waals surface area contributed by atoms with Crippen LogP contribution in [0.2, 0.25) is 0 Å². The molecule has 0 spiro atoms. The summed E-state index contributed by atoms with van der Waals surface area (Å²) < 4.78 is 18.2. The Morgan fingerprint density at radius 3 is 2.48 bits per heavy atom. The molecule has 0 bridgehead atoms. The second-order valence-electron chi connectivity index (χ2n) is 5.28. The third kappa shape index (κ3) is 6.23. The Bertz CT molecular complexity index is 737. The van der Waals surface area contributed by atoms with Gasteiger partial charge in [0.15, 0.2) is 0 Å². The Kier molecular flexibility index (Phi) is 6.91. The molecule has 2 rings (SSSR count). The van der Waals surface area contributed by atoms with Crippen LogP contribution in [0.25, 0.3) is 0 Å². The first-order chi connectivity index (χ1) is 12.1. The van der Waals surface area contributed by atoms with Crippen molar-refractivity contribution < 1.29 is 18.7 Å². The SMILES string of the molecule is COCC(=O)Nc1cccc(NC(=O)NCCc2ccccc2F)c1. The summed E-state index contributed by atoms with van der Waals surface area (Å²) in [5, 5.41) is 7.98. The molecular formula is C18H20FN3O3. The lowest BCUT2D eigenvalue weighted by molar-refractivity contribution is -0.119. The number of anilines is 2. The lowest BCUT2D eigenvalue weighted by Gasteiger charge is -2.10. The van der Waals surface area contributed by atoms with E-state index in [4.69, 9.17) is 4.74 Å². The Morgan fingerprint density at radius 1 is 1.04 bits per heavy atom. The molecule has 2 aromatic carbocycles. The molecule has 0 aliphatic rings. The first-order valence-electron chi connectivity index (χ1n) is 7.75. The third-order valence-corrected chi connectivity index (χ3v) is 3.32. The van der Waals surface area contributed by atoms with E-state index in [2.05, 4.69) is 16.0 Å². The fraction of sp³-hybridized carbons (Fsp3) is 0.222. The zero-order valence-electron chi connectivity index (χ0n) is 13.8. The Morgan fingerprint density at radius 2 is 1.76 bits per heavy atom. The molecule has 0 unspecified atom stereocenters. The van der Waals surface area contributed by atoms with E-state index in [1.165, 1.54) is 13.2 Å². The molecular weight excluding hydrogens is 325 g/mol. The molecule has 6 nitrogen and oxygen atoms in total. The molecule has 0 aliphatic carbocycles. The van der Waals surface area contributed by atoms with E-state index < -0.39 is 6.03 Å². The predicted molar refractivity (Wildman–Crippen MR) is 94.1 cm³/mol. The molecule has 132 valence electrons. The minimum atomic E-state index is -0.406. The maximum atomic E-state index is 13.5. The summed E-state index contributed by atoms with van der Waals surface area (Å²) in [6.45, 7) is 0.255. The van der Waals surface area contributed by atoms with Gasteiger partial charge in [0, 0.05) is 25.0 Å². The van der Waals surface area contributed by atoms with E-state index in [9.17, 15) is 14.0 Å². The van der Waals surface area contributed by atoms with E-state index in [1.807, 2.05) is 0 Å². The predicted octanol–water partition coefficient (Wildman–Crippen LogP) is 2.77. The first kappa shape index (κ1) is 18.4. The van der Waals surface area contributed by atoms with Crippen molar-refractivity contribution in [3.8, 4) is 0 Å². The standard InChI is InChI=1S/C18H20FN3O3/c1-25-12-17(23)21-14-6-4-7-15(11-14)22-18(24)20-10-9-13-5-2-3-8-16(13)19/h2-8,11H,9-10,12H2,1H3,(H,21,23)(H2,20,22,24). The Hall–Kier alpha value is -2.93. The highest BCUT2D eigenvalue weighted by Crippen LogP contribution is 2.15. The molecule has 3 amide bonds. The van der Waals surface area contributed by atoms with E-state index in [0.29, 0.717) is 29.9 Å². The van der Waals surface area contributed by atoms with Crippen molar-refractivity contribution in [2.75, 3.05) is 30.9 Å². The van der Waals surface area contributed by atoms with Crippen LogP contribution in [0.4, 0.5) is 20.6 Å². The lowest BCUT2D eigenvalue weighted by Crippen LogP contribution is -2.30. The Labute approximate surface area is 145 Å². The summed E-state index contributed by atoms with van der Waals surface area (Å²) in [6.07, 6.45) is 0.396. The summed E-state index contributed by atoms with van der Waals surface area (Å²) in [6, 6.07) is 12.8. The van der Waals surface area contributed by atoms with Gasteiger partial charge in [-0.15, -0.1) is 0 Å². The van der Waals surface area contributed by atoms with Gasteiger partial charge in [-0.2, -0.15) is 0 Å². The van der Waals surface area contributed by atoms with Crippen LogP contribution < -0.4 is 16.0 Å². The van der Waals surface area contributed by atoms with Crippen LogP contribution in [-0.4, -0.2) is 32.2 Å². The van der Waals surface area contributed by atoms with Gasteiger partial charge in [0.25, 0.3) is 0 Å². The zero-order valence-corrected chi connectivity index (χ0v) is 13.8. The van der Waals surface area contributed by atoms with Crippen molar-refractivity contribution in [1.82, 2.24) is 5.32 Å². The topological polar surface area (TPSA) is 79.5 Å². The number of nitrogens with one attached hydrogen (secondary N) is 3. The van der Waals surface area contributed by atoms with Crippen LogP contribution in [0.3, 0.4) is 0 Å². The second-order valence-corrected chi connectivity index (χ2v) is 5.28. The van der Waals surface area contributed by atoms with E-state index in [1.54, 1.807) is 42.5 Å². The normalized spacial score (nSPS) is 10.2. The molecule has 0 fully saturated rings. The third-order valence-electron chi connectivity index (χ3n) is 3.32. The highest BCUT2D eigenvalue weighted by Gasteiger charge is 2.06. The van der Waals surface area contributed by atoms with Crippen molar-refractivity contribution >= 4 is 23.3 Å². The van der Waals surface area contributed by atoms with Gasteiger partial charge in [0.05, 0.1) is 0 Å². The summed E-state index contributed by atoms with van der Waals surface area (Å²) in [7, 11) is 1.43. The minimum Gasteiger partial charge on any atom is -0.375 e. The Balaban J connectivity index is 1.82. The van der Waals surface area contributed by atoms with Gasteiger partial charge >= 0.3 is 6.03 Å². The van der Waals surface area contributed by atoms with Crippen molar-refractivity contribution in [3.05, 3.63) is 59.9 Å². The summed E-state index contributed by atoms with van der Waals surface area (Å²) in [5.74, 6) is -0.571. The van der Waals surface area contributed by atoms with Gasteiger partial charge in [-0.05, 0) is 36.2 Å². The van der Waals surface area contributed by atoms with Gasteiger partial charge in [0.1, 0.15) is 12.4 Å². The van der Waals surface area contributed by atoms with Crippen LogP contribution in [0.15, 0.2) is 48.5 Å². The van der Waals surface area contributed by atoms with Crippen LogP contribution in [-0.2, 0) is 16.0 Å². The quantitative estimate of drug-likeness (QED) is 0.722. The number of methoxy groups -OCH3 is 1. The highest BCUT2D eigenvalue weighted by atomic mass is 19.1. The number of halogens is 1. The van der Waals surface area contributed by atoms with Gasteiger partial charge in [-0.3, -0.25) is 4.79 Å². The molecule has 0 saturated carbocycles. The lowest BCUT2D eigenvalue weighted by atomic mass is 10.1. The number of rotatable bonds is 7. The largest absolute Gasteiger partial charge is 0.375 e. The minimum absolute atomic E-state index is 0.0474. The van der Waals surface area contributed by atoms with Crippen LogP contribution in [0, 0.1) is 5.82 Å². The summed E-state index contributed by atoms with van der Waals surface area (Å²) in [4.78, 5) is 23.4. The molecule has 25 heavy (non-hydrogen) atoms.